The number of amidine groups is 1. The lowest BCUT2D eigenvalue weighted by Crippen LogP contribution is -2.49. The first-order chi connectivity index (χ1) is 6.63. The number of ether oxygens (including phenoxy) is 1. The van der Waals surface area contributed by atoms with Crippen molar-refractivity contribution < 1.29 is 18.7 Å². The van der Waals surface area contributed by atoms with Crippen LogP contribution in [0.5, 0.6) is 0 Å². The number of oxime groups is 1. The summed E-state index contributed by atoms with van der Waals surface area (Å²) >= 11 is 0. The molecule has 1 rings (SSSR count). The number of morpholine rings is 1. The van der Waals surface area contributed by atoms with Gasteiger partial charge in [0.25, 0.3) is 6.43 Å². The zero-order valence-electron chi connectivity index (χ0n) is 7.57. The zero-order chi connectivity index (χ0) is 10.6. The molecule has 1 aliphatic heterocycles. The van der Waals surface area contributed by atoms with Crippen LogP contribution in [0.15, 0.2) is 5.16 Å². The molecule has 1 saturated heterocycles. The van der Waals surface area contributed by atoms with Crippen LogP contribution in [-0.2, 0) is 4.74 Å². The molecular formula is C7H13F2N3O2. The molecule has 0 spiro atoms. The van der Waals surface area contributed by atoms with E-state index in [1.54, 1.807) is 0 Å². The van der Waals surface area contributed by atoms with Gasteiger partial charge < -0.3 is 15.7 Å². The summed E-state index contributed by atoms with van der Waals surface area (Å²) in [5, 5.41) is 11.2. The molecule has 1 heterocycles. The van der Waals surface area contributed by atoms with Crippen LogP contribution in [-0.4, -0.2) is 54.7 Å². The molecule has 3 N–H and O–H groups in total. The fourth-order valence-electron chi connectivity index (χ4n) is 1.31. The molecule has 0 saturated carbocycles. The van der Waals surface area contributed by atoms with Crippen LogP contribution >= 0.6 is 0 Å². The van der Waals surface area contributed by atoms with E-state index in [1.807, 2.05) is 0 Å². The van der Waals surface area contributed by atoms with Crippen molar-refractivity contribution in [2.24, 2.45) is 10.9 Å². The largest absolute Gasteiger partial charge is 0.409 e. The molecule has 14 heavy (non-hydrogen) atoms. The molecular weight excluding hydrogens is 196 g/mol. The van der Waals surface area contributed by atoms with Crippen LogP contribution in [0, 0.1) is 0 Å². The molecule has 0 amide bonds. The Morgan fingerprint density at radius 2 is 2.43 bits per heavy atom. The molecule has 1 aliphatic rings. The summed E-state index contributed by atoms with van der Waals surface area (Å²) < 4.78 is 29.2. The van der Waals surface area contributed by atoms with Crippen molar-refractivity contribution in [1.82, 2.24) is 4.90 Å². The summed E-state index contributed by atoms with van der Waals surface area (Å²) in [5.74, 6) is -0.0797. The van der Waals surface area contributed by atoms with E-state index in [0.29, 0.717) is 13.2 Å². The van der Waals surface area contributed by atoms with E-state index < -0.39 is 12.5 Å². The third-order valence-electron chi connectivity index (χ3n) is 1.99. The molecule has 0 bridgehead atoms. The van der Waals surface area contributed by atoms with E-state index in [4.69, 9.17) is 15.7 Å². The first-order valence-electron chi connectivity index (χ1n) is 4.23. The highest BCUT2D eigenvalue weighted by Gasteiger charge is 2.25. The van der Waals surface area contributed by atoms with E-state index in [1.165, 1.54) is 4.90 Å². The summed E-state index contributed by atoms with van der Waals surface area (Å²) in [6.07, 6.45) is -2.96. The molecule has 82 valence electrons. The van der Waals surface area contributed by atoms with Crippen molar-refractivity contribution >= 4 is 5.84 Å². The molecule has 0 radical (unpaired) electrons. The monoisotopic (exact) mass is 209 g/mol. The Balaban J connectivity index is 2.43. The smallest absolute Gasteiger partial charge is 0.251 e. The lowest BCUT2D eigenvalue weighted by atomic mass is 10.2. The second-order valence-electron chi connectivity index (χ2n) is 3.03. The van der Waals surface area contributed by atoms with E-state index in [9.17, 15) is 8.78 Å². The highest BCUT2D eigenvalue weighted by atomic mass is 19.3. The molecule has 7 heteroatoms. The lowest BCUT2D eigenvalue weighted by Gasteiger charge is -2.31. The maximum absolute atomic E-state index is 12.0. The number of hydrogen-bond acceptors (Lipinski definition) is 4. The van der Waals surface area contributed by atoms with E-state index in [2.05, 4.69) is 5.16 Å². The summed E-state index contributed by atoms with van der Waals surface area (Å²) in [4.78, 5) is 1.52. The maximum atomic E-state index is 12.0. The van der Waals surface area contributed by atoms with Gasteiger partial charge in [0, 0.05) is 13.1 Å². The zero-order valence-corrected chi connectivity index (χ0v) is 7.57. The van der Waals surface area contributed by atoms with Gasteiger partial charge in [-0.3, -0.25) is 4.90 Å². The minimum atomic E-state index is -2.37. The Bertz CT molecular complexity index is 213. The van der Waals surface area contributed by atoms with Crippen LogP contribution in [0.1, 0.15) is 0 Å². The third kappa shape index (κ3) is 3.08. The maximum Gasteiger partial charge on any atom is 0.251 e. The van der Waals surface area contributed by atoms with Gasteiger partial charge in [0.05, 0.1) is 13.2 Å². The Labute approximate surface area is 80.1 Å². The molecule has 0 aromatic rings. The van der Waals surface area contributed by atoms with Crippen LogP contribution in [0.25, 0.3) is 0 Å². The van der Waals surface area contributed by atoms with Crippen LogP contribution in [0.2, 0.25) is 0 Å². The van der Waals surface area contributed by atoms with Crippen molar-refractivity contribution in [3.63, 3.8) is 0 Å². The minimum absolute atomic E-state index is 0.0797. The number of alkyl halides is 2. The van der Waals surface area contributed by atoms with Gasteiger partial charge in [-0.2, -0.15) is 0 Å². The predicted molar refractivity (Wildman–Crippen MR) is 45.6 cm³/mol. The lowest BCUT2D eigenvalue weighted by molar-refractivity contribution is -0.0177. The second-order valence-corrected chi connectivity index (χ2v) is 3.03. The summed E-state index contributed by atoms with van der Waals surface area (Å²) in [6.45, 7) is 0.686. The fourth-order valence-corrected chi connectivity index (χ4v) is 1.31. The van der Waals surface area contributed by atoms with Gasteiger partial charge in [-0.15, -0.1) is 0 Å². The Kier molecular flexibility index (Phi) is 4.02. The number of nitrogens with two attached hydrogens (primary N) is 1. The molecule has 5 nitrogen and oxygen atoms in total. The average Bonchev–Trinajstić information content (AvgIpc) is 2.16. The molecule has 0 aromatic heterocycles. The highest BCUT2D eigenvalue weighted by Crippen LogP contribution is 2.07. The molecule has 1 atom stereocenters. The standard InChI is InChI=1S/C7H13F2N3O2/c8-6(9)4-12-1-2-14-5(3-12)7(10)11-13/h5-6,13H,1-4H2,(H2,10,11). The Hall–Kier alpha value is -0.950. The third-order valence-corrected chi connectivity index (χ3v) is 1.99. The predicted octanol–water partition coefficient (Wildman–Crippen LogP) is -0.301. The Morgan fingerprint density at radius 1 is 1.71 bits per heavy atom. The van der Waals surface area contributed by atoms with Crippen molar-refractivity contribution in [1.29, 1.82) is 0 Å². The average molecular weight is 209 g/mol. The topological polar surface area (TPSA) is 71.1 Å². The van der Waals surface area contributed by atoms with Gasteiger partial charge in [0.15, 0.2) is 5.84 Å². The quantitative estimate of drug-likeness (QED) is 0.290. The van der Waals surface area contributed by atoms with E-state index >= 15 is 0 Å². The van der Waals surface area contributed by atoms with E-state index in [0.717, 1.165) is 0 Å². The molecule has 1 fully saturated rings. The van der Waals surface area contributed by atoms with Crippen molar-refractivity contribution in [2.75, 3.05) is 26.2 Å². The number of rotatable bonds is 3. The first kappa shape index (κ1) is 11.1. The number of hydrogen-bond donors (Lipinski definition) is 2. The number of nitrogens with zero attached hydrogens (tertiary/aromatic N) is 2. The van der Waals surface area contributed by atoms with Crippen LogP contribution < -0.4 is 5.73 Å². The Morgan fingerprint density at radius 3 is 3.00 bits per heavy atom. The van der Waals surface area contributed by atoms with Crippen molar-refractivity contribution in [2.45, 2.75) is 12.5 Å². The van der Waals surface area contributed by atoms with Gasteiger partial charge in [-0.05, 0) is 0 Å². The molecule has 0 aliphatic carbocycles. The fraction of sp³-hybridized carbons (Fsp3) is 0.857. The highest BCUT2D eigenvalue weighted by molar-refractivity contribution is 5.84. The second kappa shape index (κ2) is 5.06. The van der Waals surface area contributed by atoms with Crippen molar-refractivity contribution in [3.8, 4) is 0 Å². The summed E-state index contributed by atoms with van der Waals surface area (Å²) in [5.41, 5.74) is 5.30. The van der Waals surface area contributed by atoms with Gasteiger partial charge >= 0.3 is 0 Å². The first-order valence-corrected chi connectivity index (χ1v) is 4.23. The number of halogens is 2. The summed E-state index contributed by atoms with van der Waals surface area (Å²) in [7, 11) is 0. The molecule has 0 aromatic carbocycles. The molecule has 1 unspecified atom stereocenters. The normalized spacial score (nSPS) is 25.6. The van der Waals surface area contributed by atoms with Crippen LogP contribution in [0.4, 0.5) is 8.78 Å². The van der Waals surface area contributed by atoms with Gasteiger partial charge in [-0.1, -0.05) is 5.16 Å². The summed E-state index contributed by atoms with van der Waals surface area (Å²) in [6, 6.07) is 0. The van der Waals surface area contributed by atoms with Gasteiger partial charge in [0.2, 0.25) is 0 Å². The SMILES string of the molecule is NC(=NO)C1CN(CC(F)F)CCO1. The minimum Gasteiger partial charge on any atom is -0.409 e. The van der Waals surface area contributed by atoms with Gasteiger partial charge in [-0.25, -0.2) is 8.78 Å². The van der Waals surface area contributed by atoms with E-state index in [-0.39, 0.29) is 18.9 Å². The van der Waals surface area contributed by atoms with Crippen molar-refractivity contribution in [3.05, 3.63) is 0 Å². The van der Waals surface area contributed by atoms with Crippen LogP contribution in [0.3, 0.4) is 0 Å². The van der Waals surface area contributed by atoms with Gasteiger partial charge in [0.1, 0.15) is 6.10 Å².